The first kappa shape index (κ1) is 9.44. The first-order valence-corrected chi connectivity index (χ1v) is 4.55. The standard InChI is InChI=1S/C9H8ClNS/c10-9-7-8(4-5-11-9)3-1-2-6-12/h4-5,7,12H,2,6H2. The van der Waals surface area contributed by atoms with Crippen molar-refractivity contribution >= 4 is 24.2 Å². The van der Waals surface area contributed by atoms with Crippen LogP contribution >= 0.6 is 24.2 Å². The lowest BCUT2D eigenvalue weighted by atomic mass is 10.3. The second kappa shape index (κ2) is 5.08. The van der Waals surface area contributed by atoms with Gasteiger partial charge in [0.25, 0.3) is 0 Å². The highest BCUT2D eigenvalue weighted by molar-refractivity contribution is 7.80. The molecular formula is C9H8ClNS. The van der Waals surface area contributed by atoms with E-state index in [1.807, 2.05) is 6.07 Å². The molecule has 0 saturated carbocycles. The van der Waals surface area contributed by atoms with Gasteiger partial charge >= 0.3 is 0 Å². The Kier molecular flexibility index (Phi) is 3.99. The molecule has 0 saturated heterocycles. The first-order chi connectivity index (χ1) is 5.83. The van der Waals surface area contributed by atoms with Gasteiger partial charge < -0.3 is 0 Å². The minimum absolute atomic E-state index is 0.479. The highest BCUT2D eigenvalue weighted by atomic mass is 35.5. The van der Waals surface area contributed by atoms with Crippen molar-refractivity contribution in [2.24, 2.45) is 0 Å². The Balaban J connectivity index is 2.71. The second-order valence-electron chi connectivity index (χ2n) is 2.14. The molecule has 1 aromatic heterocycles. The van der Waals surface area contributed by atoms with Crippen LogP contribution in [0.3, 0.4) is 0 Å². The molecule has 0 atom stereocenters. The van der Waals surface area contributed by atoms with Gasteiger partial charge in [-0.3, -0.25) is 0 Å². The van der Waals surface area contributed by atoms with Crippen LogP contribution in [0.5, 0.6) is 0 Å². The van der Waals surface area contributed by atoms with E-state index in [4.69, 9.17) is 11.6 Å². The van der Waals surface area contributed by atoms with E-state index >= 15 is 0 Å². The molecule has 0 radical (unpaired) electrons. The molecule has 0 unspecified atom stereocenters. The summed E-state index contributed by atoms with van der Waals surface area (Å²) < 4.78 is 0. The molecule has 0 aliphatic carbocycles. The van der Waals surface area contributed by atoms with E-state index in [0.717, 1.165) is 17.7 Å². The molecular weight excluding hydrogens is 190 g/mol. The van der Waals surface area contributed by atoms with E-state index in [2.05, 4.69) is 29.5 Å². The van der Waals surface area contributed by atoms with Crippen molar-refractivity contribution in [2.45, 2.75) is 6.42 Å². The number of aromatic nitrogens is 1. The third-order valence-corrected chi connectivity index (χ3v) is 1.63. The molecule has 0 N–H and O–H groups in total. The van der Waals surface area contributed by atoms with Crippen LogP contribution < -0.4 is 0 Å². The second-order valence-corrected chi connectivity index (χ2v) is 2.98. The predicted octanol–water partition coefficient (Wildman–Crippen LogP) is 2.41. The van der Waals surface area contributed by atoms with Gasteiger partial charge in [0.1, 0.15) is 5.15 Å². The van der Waals surface area contributed by atoms with Gasteiger partial charge in [0.05, 0.1) is 0 Å². The molecule has 0 aromatic carbocycles. The van der Waals surface area contributed by atoms with Crippen molar-refractivity contribution in [2.75, 3.05) is 5.75 Å². The first-order valence-electron chi connectivity index (χ1n) is 3.54. The molecule has 62 valence electrons. The Hall–Kier alpha value is -0.650. The van der Waals surface area contributed by atoms with Crippen molar-refractivity contribution in [1.29, 1.82) is 0 Å². The number of nitrogens with zero attached hydrogens (tertiary/aromatic N) is 1. The van der Waals surface area contributed by atoms with Crippen LogP contribution in [0.25, 0.3) is 0 Å². The van der Waals surface area contributed by atoms with Gasteiger partial charge in [-0.05, 0) is 12.1 Å². The summed E-state index contributed by atoms with van der Waals surface area (Å²) in [5.41, 5.74) is 0.900. The highest BCUT2D eigenvalue weighted by Crippen LogP contribution is 2.05. The lowest BCUT2D eigenvalue weighted by molar-refractivity contribution is 1.30. The lowest BCUT2D eigenvalue weighted by Crippen LogP contribution is -1.77. The number of rotatable bonds is 1. The van der Waals surface area contributed by atoms with Crippen LogP contribution in [0.1, 0.15) is 12.0 Å². The molecule has 0 aliphatic rings. The molecule has 0 fully saturated rings. The summed E-state index contributed by atoms with van der Waals surface area (Å²) in [5, 5.41) is 0.479. The van der Waals surface area contributed by atoms with Crippen LogP contribution in [0.2, 0.25) is 5.15 Å². The van der Waals surface area contributed by atoms with Crippen LogP contribution in [0, 0.1) is 11.8 Å². The summed E-state index contributed by atoms with van der Waals surface area (Å²) in [6, 6.07) is 3.57. The van der Waals surface area contributed by atoms with Crippen LogP contribution in [-0.4, -0.2) is 10.7 Å². The average molecular weight is 198 g/mol. The van der Waals surface area contributed by atoms with Crippen LogP contribution in [0.4, 0.5) is 0 Å². The molecule has 0 aliphatic heterocycles. The van der Waals surface area contributed by atoms with E-state index in [0.29, 0.717) is 5.15 Å². The average Bonchev–Trinajstić information content (AvgIpc) is 2.05. The monoisotopic (exact) mass is 197 g/mol. The fraction of sp³-hybridized carbons (Fsp3) is 0.222. The van der Waals surface area contributed by atoms with Crippen molar-refractivity contribution < 1.29 is 0 Å². The number of pyridine rings is 1. The van der Waals surface area contributed by atoms with Gasteiger partial charge in [0, 0.05) is 23.9 Å². The highest BCUT2D eigenvalue weighted by Gasteiger charge is 1.88. The summed E-state index contributed by atoms with van der Waals surface area (Å²) in [7, 11) is 0. The third kappa shape index (κ3) is 3.17. The Morgan fingerprint density at radius 3 is 3.08 bits per heavy atom. The smallest absolute Gasteiger partial charge is 0.130 e. The van der Waals surface area contributed by atoms with Crippen molar-refractivity contribution in [3.8, 4) is 11.8 Å². The minimum Gasteiger partial charge on any atom is -0.244 e. The van der Waals surface area contributed by atoms with Gasteiger partial charge in [-0.25, -0.2) is 4.98 Å². The van der Waals surface area contributed by atoms with E-state index < -0.39 is 0 Å². The molecule has 0 amide bonds. The zero-order valence-electron chi connectivity index (χ0n) is 6.42. The van der Waals surface area contributed by atoms with Crippen LogP contribution in [0.15, 0.2) is 18.3 Å². The summed E-state index contributed by atoms with van der Waals surface area (Å²) in [6.45, 7) is 0. The maximum atomic E-state index is 5.66. The maximum Gasteiger partial charge on any atom is 0.130 e. The molecule has 0 bridgehead atoms. The molecule has 12 heavy (non-hydrogen) atoms. The molecule has 0 spiro atoms. The van der Waals surface area contributed by atoms with E-state index in [-0.39, 0.29) is 0 Å². The Labute approximate surface area is 82.6 Å². The molecule has 1 aromatic rings. The van der Waals surface area contributed by atoms with E-state index in [1.165, 1.54) is 0 Å². The fourth-order valence-corrected chi connectivity index (χ4v) is 0.986. The SMILES string of the molecule is SCCC#Cc1ccnc(Cl)c1. The molecule has 1 rings (SSSR count). The zero-order chi connectivity index (χ0) is 8.81. The summed E-state index contributed by atoms with van der Waals surface area (Å²) in [6.07, 6.45) is 2.44. The molecule has 1 nitrogen and oxygen atoms in total. The van der Waals surface area contributed by atoms with Gasteiger partial charge in [-0.2, -0.15) is 12.6 Å². The number of hydrogen-bond donors (Lipinski definition) is 1. The largest absolute Gasteiger partial charge is 0.244 e. The number of thiol groups is 1. The Morgan fingerprint density at radius 2 is 2.42 bits per heavy atom. The van der Waals surface area contributed by atoms with Gasteiger partial charge in [-0.1, -0.05) is 23.4 Å². The quantitative estimate of drug-likeness (QED) is 0.415. The Bertz CT molecular complexity index is 314. The van der Waals surface area contributed by atoms with Crippen LogP contribution in [-0.2, 0) is 0 Å². The topological polar surface area (TPSA) is 12.9 Å². The third-order valence-electron chi connectivity index (χ3n) is 1.20. The Morgan fingerprint density at radius 1 is 1.58 bits per heavy atom. The summed E-state index contributed by atoms with van der Waals surface area (Å²) in [5.74, 6) is 6.71. The summed E-state index contributed by atoms with van der Waals surface area (Å²) in [4.78, 5) is 3.85. The lowest BCUT2D eigenvalue weighted by Gasteiger charge is -1.89. The predicted molar refractivity (Wildman–Crippen MR) is 54.6 cm³/mol. The van der Waals surface area contributed by atoms with Crippen molar-refractivity contribution in [3.05, 3.63) is 29.0 Å². The van der Waals surface area contributed by atoms with Gasteiger partial charge in [0.15, 0.2) is 0 Å². The number of halogens is 1. The number of hydrogen-bond acceptors (Lipinski definition) is 2. The summed E-state index contributed by atoms with van der Waals surface area (Å²) >= 11 is 9.71. The van der Waals surface area contributed by atoms with Gasteiger partial charge in [-0.15, -0.1) is 0 Å². The normalized spacial score (nSPS) is 8.83. The van der Waals surface area contributed by atoms with Crippen molar-refractivity contribution in [3.63, 3.8) is 0 Å². The van der Waals surface area contributed by atoms with E-state index in [9.17, 15) is 0 Å². The van der Waals surface area contributed by atoms with Gasteiger partial charge in [0.2, 0.25) is 0 Å². The van der Waals surface area contributed by atoms with Crippen molar-refractivity contribution in [1.82, 2.24) is 4.98 Å². The molecule has 1 heterocycles. The van der Waals surface area contributed by atoms with E-state index in [1.54, 1.807) is 12.3 Å². The minimum atomic E-state index is 0.479. The fourth-order valence-electron chi connectivity index (χ4n) is 0.701. The molecule has 3 heteroatoms. The zero-order valence-corrected chi connectivity index (χ0v) is 8.07. The maximum absolute atomic E-state index is 5.66.